The maximum Gasteiger partial charge on any atom is 0.305 e. The van der Waals surface area contributed by atoms with Crippen molar-refractivity contribution in [2.75, 3.05) is 0 Å². The molecule has 0 radical (unpaired) electrons. The third kappa shape index (κ3) is 1.16. The maximum atomic E-state index is 8.45. The van der Waals surface area contributed by atoms with E-state index in [2.05, 4.69) is 15.3 Å². The monoisotopic (exact) mass is 214 g/mol. The van der Waals surface area contributed by atoms with E-state index in [4.69, 9.17) is 5.11 Å². The number of hydrogen-bond acceptors (Lipinski definition) is 4. The average Bonchev–Trinajstić information content (AvgIpc) is 1.87. The highest BCUT2D eigenvalue weighted by Crippen LogP contribution is 1.98. The van der Waals surface area contributed by atoms with Crippen LogP contribution in [0.25, 0.3) is 0 Å². The first kappa shape index (κ1) is 5.10. The molecule has 0 amide bonds. The number of aliphatic hydroxyl groups is 1. The van der Waals surface area contributed by atoms with Gasteiger partial charge in [0.05, 0.1) is 0 Å². The first-order valence-corrected chi connectivity index (χ1v) is 2.71. The largest absolute Gasteiger partial charge is 0.340 e. The zero-order valence-electron chi connectivity index (χ0n) is 3.26. The van der Waals surface area contributed by atoms with Crippen molar-refractivity contribution in [1.29, 1.82) is 0 Å². The highest BCUT2D eigenvalue weighted by molar-refractivity contribution is 14.1. The van der Waals surface area contributed by atoms with Crippen molar-refractivity contribution in [3.63, 3.8) is 0 Å². The van der Waals surface area contributed by atoms with Crippen molar-refractivity contribution in [1.82, 2.24) is 5.32 Å². The third-order valence-electron chi connectivity index (χ3n) is 0.475. The van der Waals surface area contributed by atoms with Crippen LogP contribution in [0.5, 0.6) is 0 Å². The Morgan fingerprint density at radius 2 is 2.71 bits per heavy atom. The zero-order valence-corrected chi connectivity index (χ0v) is 5.42. The molecule has 0 aromatic rings. The summed E-state index contributed by atoms with van der Waals surface area (Å²) in [5.74, 6) is 0. The summed E-state index contributed by atoms with van der Waals surface area (Å²) in [4.78, 5) is 4.29. The first-order chi connectivity index (χ1) is 3.29. The Labute approximate surface area is 53.7 Å². The smallest absolute Gasteiger partial charge is 0.305 e. The third-order valence-corrected chi connectivity index (χ3v) is 0.984. The van der Waals surface area contributed by atoms with Crippen molar-refractivity contribution in [3.05, 3.63) is 0 Å². The Kier molecular flexibility index (Phi) is 1.33. The second-order valence-electron chi connectivity index (χ2n) is 0.984. The molecule has 1 atom stereocenters. The van der Waals surface area contributed by atoms with Gasteiger partial charge in [-0.05, 0) is 0 Å². The zero-order chi connectivity index (χ0) is 5.28. The van der Waals surface area contributed by atoms with E-state index in [0.717, 1.165) is 0 Å². The number of rotatable bonds is 0. The molecule has 4 nitrogen and oxygen atoms in total. The van der Waals surface area contributed by atoms with Gasteiger partial charge in [-0.2, -0.15) is 0 Å². The van der Waals surface area contributed by atoms with Crippen molar-refractivity contribution in [2.45, 2.75) is 6.41 Å². The van der Waals surface area contributed by atoms with E-state index in [1.165, 1.54) is 0 Å². The Bertz CT molecular complexity index is 104. The molecule has 1 rings (SSSR count). The predicted molar refractivity (Wildman–Crippen MR) is 31.7 cm³/mol. The molecule has 2 N–H and O–H groups in total. The fourth-order valence-corrected chi connectivity index (χ4v) is 0.631. The molecule has 0 spiro atoms. The minimum absolute atomic E-state index is 0.574. The molecule has 1 heterocycles. The summed E-state index contributed by atoms with van der Waals surface area (Å²) < 4.78 is 0.574. The van der Waals surface area contributed by atoms with Crippen molar-refractivity contribution in [2.24, 2.45) is 5.16 Å². The lowest BCUT2D eigenvalue weighted by Gasteiger charge is -1.95. The van der Waals surface area contributed by atoms with Crippen LogP contribution in [0.1, 0.15) is 0 Å². The summed E-state index contributed by atoms with van der Waals surface area (Å²) >= 11 is 1.90. The quantitative estimate of drug-likeness (QED) is 0.425. The summed E-state index contributed by atoms with van der Waals surface area (Å²) in [5.41, 5.74) is 0. The van der Waals surface area contributed by atoms with Gasteiger partial charge in [0.1, 0.15) is 0 Å². The van der Waals surface area contributed by atoms with E-state index < -0.39 is 6.41 Å². The summed E-state index contributed by atoms with van der Waals surface area (Å²) in [7, 11) is 0. The summed E-state index contributed by atoms with van der Waals surface area (Å²) in [6.45, 7) is 0. The molecular weight excluding hydrogens is 211 g/mol. The molecule has 0 aliphatic carbocycles. The van der Waals surface area contributed by atoms with Gasteiger partial charge in [-0.1, -0.05) is 5.16 Å². The fraction of sp³-hybridized carbons (Fsp3) is 0.500. The highest BCUT2D eigenvalue weighted by Gasteiger charge is 2.11. The molecule has 5 heteroatoms. The molecule has 0 bridgehead atoms. The summed E-state index contributed by atoms with van der Waals surface area (Å²) in [6, 6.07) is 0. The molecule has 40 valence electrons. The van der Waals surface area contributed by atoms with Crippen molar-refractivity contribution >= 4 is 26.4 Å². The van der Waals surface area contributed by atoms with E-state index in [9.17, 15) is 0 Å². The summed E-state index contributed by atoms with van der Waals surface area (Å²) in [6.07, 6.45) is -0.938. The van der Waals surface area contributed by atoms with Crippen LogP contribution in [-0.2, 0) is 4.84 Å². The number of oxime groups is 1. The Hall–Kier alpha value is -0.0400. The van der Waals surface area contributed by atoms with Gasteiger partial charge in [-0.15, -0.1) is 0 Å². The van der Waals surface area contributed by atoms with Crippen LogP contribution in [0, 0.1) is 0 Å². The number of nitrogens with zero attached hydrogens (tertiary/aromatic N) is 1. The van der Waals surface area contributed by atoms with Gasteiger partial charge in [-0.25, -0.2) is 0 Å². The second kappa shape index (κ2) is 1.83. The van der Waals surface area contributed by atoms with Gasteiger partial charge in [0, 0.05) is 22.6 Å². The first-order valence-electron chi connectivity index (χ1n) is 1.63. The van der Waals surface area contributed by atoms with Crippen LogP contribution in [0.3, 0.4) is 0 Å². The molecule has 0 aromatic carbocycles. The van der Waals surface area contributed by atoms with Crippen LogP contribution in [0.2, 0.25) is 0 Å². The molecular formula is C2H3IN2O2. The van der Waals surface area contributed by atoms with Crippen molar-refractivity contribution < 1.29 is 9.94 Å². The fourth-order valence-electron chi connectivity index (χ4n) is 0.251. The molecule has 1 aliphatic rings. The standard InChI is InChI=1S/C2H3IN2O2/c3-1-4-2(6)7-5-1/h2,6H,(H,4,5). The molecule has 7 heavy (non-hydrogen) atoms. The lowest BCUT2D eigenvalue weighted by atomic mass is 11.1. The SMILES string of the molecule is OC1NC(I)=NO1. The number of amidine groups is 1. The van der Waals surface area contributed by atoms with E-state index in [1.807, 2.05) is 22.6 Å². The summed E-state index contributed by atoms with van der Waals surface area (Å²) in [5, 5.41) is 14.3. The minimum atomic E-state index is -0.938. The van der Waals surface area contributed by atoms with Gasteiger partial charge >= 0.3 is 6.41 Å². The lowest BCUT2D eigenvalue weighted by Crippen LogP contribution is -2.25. The van der Waals surface area contributed by atoms with Crippen molar-refractivity contribution in [3.8, 4) is 0 Å². The molecule has 0 saturated carbocycles. The van der Waals surface area contributed by atoms with Crippen LogP contribution < -0.4 is 5.32 Å². The topological polar surface area (TPSA) is 53.8 Å². The van der Waals surface area contributed by atoms with Gasteiger partial charge in [0.2, 0.25) is 3.84 Å². The van der Waals surface area contributed by atoms with Crippen LogP contribution >= 0.6 is 22.6 Å². The molecule has 0 saturated heterocycles. The second-order valence-corrected chi connectivity index (χ2v) is 2.01. The highest BCUT2D eigenvalue weighted by atomic mass is 127. The number of hydrogen-bond donors (Lipinski definition) is 2. The lowest BCUT2D eigenvalue weighted by molar-refractivity contribution is -0.0895. The van der Waals surface area contributed by atoms with Gasteiger partial charge in [0.25, 0.3) is 0 Å². The minimum Gasteiger partial charge on any atom is -0.340 e. The van der Waals surface area contributed by atoms with Crippen LogP contribution in [-0.4, -0.2) is 15.4 Å². The Morgan fingerprint density at radius 3 is 2.86 bits per heavy atom. The molecule has 1 aliphatic heterocycles. The van der Waals surface area contributed by atoms with Gasteiger partial charge < -0.3 is 15.3 Å². The normalized spacial score (nSPS) is 28.3. The maximum absolute atomic E-state index is 8.45. The van der Waals surface area contributed by atoms with E-state index >= 15 is 0 Å². The van der Waals surface area contributed by atoms with Crippen LogP contribution in [0.4, 0.5) is 0 Å². The number of nitrogens with one attached hydrogen (secondary N) is 1. The predicted octanol–water partition coefficient (Wildman–Crippen LogP) is -0.412. The van der Waals surface area contributed by atoms with E-state index in [-0.39, 0.29) is 0 Å². The van der Waals surface area contributed by atoms with Gasteiger partial charge in [-0.3, -0.25) is 0 Å². The van der Waals surface area contributed by atoms with Gasteiger partial charge in [0.15, 0.2) is 0 Å². The molecule has 1 unspecified atom stereocenters. The molecule has 0 aromatic heterocycles. The average molecular weight is 214 g/mol. The number of halogens is 1. The van der Waals surface area contributed by atoms with E-state index in [0.29, 0.717) is 3.84 Å². The number of aliphatic hydroxyl groups excluding tert-OH is 1. The molecule has 0 fully saturated rings. The Morgan fingerprint density at radius 1 is 2.00 bits per heavy atom. The van der Waals surface area contributed by atoms with E-state index in [1.54, 1.807) is 0 Å². The van der Waals surface area contributed by atoms with Crippen LogP contribution in [0.15, 0.2) is 5.16 Å². The Balaban J connectivity index is 2.42.